The average Bonchev–Trinajstić information content (AvgIpc) is 2.91. The summed E-state index contributed by atoms with van der Waals surface area (Å²) in [4.78, 5) is 46.5. The Balaban J connectivity index is 2.92. The Hall–Kier alpha value is -1.94. The number of esters is 3. The second-order valence-electron chi connectivity index (χ2n) is 5.54. The Morgan fingerprint density at radius 2 is 1.58 bits per heavy atom. The van der Waals surface area contributed by atoms with Crippen molar-refractivity contribution in [3.05, 3.63) is 22.0 Å². The maximum absolute atomic E-state index is 12.3. The fraction of sp³-hybridized carbons (Fsp3) is 0.500. The van der Waals surface area contributed by atoms with Gasteiger partial charge in [0.05, 0.1) is 16.4 Å². The summed E-state index contributed by atoms with van der Waals surface area (Å²) < 4.78 is 15.6. The van der Waals surface area contributed by atoms with Crippen molar-refractivity contribution in [1.29, 1.82) is 0 Å². The molecule has 144 valence electrons. The molecule has 0 bridgehead atoms. The van der Waals surface area contributed by atoms with Gasteiger partial charge in [-0.05, 0) is 27.7 Å². The molecule has 0 amide bonds. The number of ether oxygens (including phenoxy) is 3. The van der Waals surface area contributed by atoms with Crippen molar-refractivity contribution in [2.45, 2.75) is 45.3 Å². The number of hydrogen-bond donors (Lipinski definition) is 1. The molecule has 1 fully saturated rings. The third-order valence-electron chi connectivity index (χ3n) is 2.50. The number of carbonyl (C=O) groups is 4. The zero-order chi connectivity index (χ0) is 19.9. The molecule has 1 heterocycles. The molecule has 0 aromatic heterocycles. The fourth-order valence-electron chi connectivity index (χ4n) is 1.62. The normalized spacial score (nSPS) is 16.8. The number of thioether (sulfide) groups is 2. The first-order valence-electron chi connectivity index (χ1n) is 7.67. The fourth-order valence-corrected chi connectivity index (χ4v) is 4.23. The van der Waals surface area contributed by atoms with Crippen LogP contribution in [0.1, 0.15) is 27.7 Å². The van der Waals surface area contributed by atoms with Crippen molar-refractivity contribution in [1.82, 2.24) is 0 Å². The zero-order valence-electron chi connectivity index (χ0n) is 14.7. The first-order chi connectivity index (χ1) is 12.1. The van der Waals surface area contributed by atoms with E-state index in [-0.39, 0.29) is 5.57 Å². The monoisotopic (exact) mass is 404 g/mol. The molecule has 1 saturated heterocycles. The summed E-state index contributed by atoms with van der Waals surface area (Å²) in [6.07, 6.45) is 0.611. The second kappa shape index (κ2) is 10.3. The molecule has 1 atom stereocenters. The van der Waals surface area contributed by atoms with Crippen molar-refractivity contribution in [2.24, 2.45) is 0 Å². The van der Waals surface area contributed by atoms with E-state index in [0.29, 0.717) is 16.1 Å². The van der Waals surface area contributed by atoms with Gasteiger partial charge in [0.25, 0.3) is 0 Å². The molecule has 0 aromatic carbocycles. The number of carboxylic acids is 1. The van der Waals surface area contributed by atoms with Crippen LogP contribution in [0.3, 0.4) is 0 Å². The molecule has 1 aliphatic heterocycles. The van der Waals surface area contributed by atoms with Crippen LogP contribution in [0.2, 0.25) is 0 Å². The van der Waals surface area contributed by atoms with Crippen molar-refractivity contribution in [3.63, 3.8) is 0 Å². The maximum atomic E-state index is 12.3. The van der Waals surface area contributed by atoms with Gasteiger partial charge in [0.2, 0.25) is 0 Å². The number of carboxylic acid groups (broad SMARTS) is 1. The summed E-state index contributed by atoms with van der Waals surface area (Å²) in [7, 11) is 0. The van der Waals surface area contributed by atoms with Crippen LogP contribution in [0, 0.1) is 0 Å². The molecule has 0 saturated carbocycles. The lowest BCUT2D eigenvalue weighted by Gasteiger charge is -2.14. The highest BCUT2D eigenvalue weighted by molar-refractivity contribution is 8.25. The topological polar surface area (TPSA) is 116 Å². The van der Waals surface area contributed by atoms with Gasteiger partial charge in [-0.15, -0.1) is 11.8 Å². The van der Waals surface area contributed by atoms with Gasteiger partial charge in [0.15, 0.2) is 11.0 Å². The molecular weight excluding hydrogens is 384 g/mol. The highest BCUT2D eigenvalue weighted by Gasteiger charge is 2.34. The third kappa shape index (κ3) is 7.52. The van der Waals surface area contributed by atoms with E-state index in [4.69, 9.17) is 19.3 Å². The molecule has 26 heavy (non-hydrogen) atoms. The van der Waals surface area contributed by atoms with E-state index in [1.807, 2.05) is 0 Å². The first-order valence-corrected chi connectivity index (χ1v) is 9.54. The van der Waals surface area contributed by atoms with E-state index in [2.05, 4.69) is 0 Å². The second-order valence-corrected chi connectivity index (χ2v) is 8.00. The lowest BCUT2D eigenvalue weighted by molar-refractivity contribution is -0.151. The maximum Gasteiger partial charge on any atom is 0.347 e. The van der Waals surface area contributed by atoms with Gasteiger partial charge >= 0.3 is 23.9 Å². The van der Waals surface area contributed by atoms with E-state index in [9.17, 15) is 19.2 Å². The lowest BCUT2D eigenvalue weighted by Crippen LogP contribution is -2.23. The van der Waals surface area contributed by atoms with Crippen LogP contribution in [-0.4, -0.2) is 52.4 Å². The molecule has 8 nitrogen and oxygen atoms in total. The first kappa shape index (κ1) is 22.1. The van der Waals surface area contributed by atoms with E-state index >= 15 is 0 Å². The summed E-state index contributed by atoms with van der Waals surface area (Å²) in [5.41, 5.74) is -0.906. The SMILES string of the molecule is CC(C)OC(=O)C(C(=O)OC(C)C)=C1SCC(OC(=O)/C=C/C(=O)O)S1. The Kier molecular flexibility index (Phi) is 8.73. The Labute approximate surface area is 159 Å². The minimum absolute atomic E-state index is 0.234. The minimum atomic E-state index is -1.27. The summed E-state index contributed by atoms with van der Waals surface area (Å²) >= 11 is 2.17. The highest BCUT2D eigenvalue weighted by Crippen LogP contribution is 2.44. The van der Waals surface area contributed by atoms with Gasteiger partial charge in [-0.3, -0.25) is 0 Å². The molecule has 10 heteroatoms. The standard InChI is InChI=1S/C16H20O8S2/c1-8(2)22-14(20)13(15(21)23-9(3)4)16-25-7-12(26-16)24-11(19)6-5-10(17)18/h5-6,8-9,12H,7H2,1-4H3,(H,17,18)/b6-5+. The molecular formula is C16H20O8S2. The third-order valence-corrected chi connectivity index (χ3v) is 5.23. The molecule has 0 radical (unpaired) electrons. The van der Waals surface area contributed by atoms with Crippen LogP contribution < -0.4 is 0 Å². The molecule has 0 aliphatic carbocycles. The molecule has 1 aliphatic rings. The van der Waals surface area contributed by atoms with Crippen molar-refractivity contribution in [3.8, 4) is 0 Å². The van der Waals surface area contributed by atoms with Crippen molar-refractivity contribution in [2.75, 3.05) is 5.75 Å². The van der Waals surface area contributed by atoms with E-state index in [1.165, 1.54) is 0 Å². The Bertz CT molecular complexity index is 612. The summed E-state index contributed by atoms with van der Waals surface area (Å²) in [5.74, 6) is -3.43. The van der Waals surface area contributed by atoms with Crippen LogP contribution in [0.5, 0.6) is 0 Å². The van der Waals surface area contributed by atoms with Crippen molar-refractivity contribution < 1.29 is 38.5 Å². The number of hydrogen-bond acceptors (Lipinski definition) is 9. The van der Waals surface area contributed by atoms with E-state index in [0.717, 1.165) is 29.6 Å². The minimum Gasteiger partial charge on any atom is -0.478 e. The molecule has 1 unspecified atom stereocenters. The lowest BCUT2D eigenvalue weighted by atomic mass is 10.3. The number of carbonyl (C=O) groups excluding carboxylic acids is 3. The molecule has 1 rings (SSSR count). The zero-order valence-corrected chi connectivity index (χ0v) is 16.3. The predicted octanol–water partition coefficient (Wildman–Crippen LogP) is 2.09. The number of aliphatic carboxylic acids is 1. The van der Waals surface area contributed by atoms with Crippen LogP contribution in [0.25, 0.3) is 0 Å². The molecule has 0 aromatic rings. The summed E-state index contributed by atoms with van der Waals surface area (Å²) in [6.45, 7) is 6.62. The molecule has 1 N–H and O–H groups in total. The Morgan fingerprint density at radius 1 is 1.04 bits per heavy atom. The van der Waals surface area contributed by atoms with E-state index in [1.54, 1.807) is 27.7 Å². The van der Waals surface area contributed by atoms with Crippen LogP contribution in [0.4, 0.5) is 0 Å². The number of rotatable bonds is 7. The smallest absolute Gasteiger partial charge is 0.347 e. The van der Waals surface area contributed by atoms with Crippen LogP contribution >= 0.6 is 23.5 Å². The van der Waals surface area contributed by atoms with Gasteiger partial charge in [-0.2, -0.15) is 0 Å². The summed E-state index contributed by atoms with van der Waals surface area (Å²) in [6, 6.07) is 0. The van der Waals surface area contributed by atoms with Gasteiger partial charge in [-0.1, -0.05) is 11.8 Å². The predicted molar refractivity (Wildman–Crippen MR) is 96.2 cm³/mol. The molecule has 0 spiro atoms. The van der Waals surface area contributed by atoms with Crippen LogP contribution in [-0.2, 0) is 33.4 Å². The average molecular weight is 404 g/mol. The van der Waals surface area contributed by atoms with Gasteiger partial charge < -0.3 is 19.3 Å². The van der Waals surface area contributed by atoms with Gasteiger partial charge in [0.1, 0.15) is 0 Å². The van der Waals surface area contributed by atoms with E-state index < -0.39 is 41.5 Å². The Morgan fingerprint density at radius 3 is 2.04 bits per heavy atom. The summed E-state index contributed by atoms with van der Waals surface area (Å²) in [5, 5.41) is 8.49. The van der Waals surface area contributed by atoms with Gasteiger partial charge in [0, 0.05) is 17.9 Å². The largest absolute Gasteiger partial charge is 0.478 e. The quantitative estimate of drug-likeness (QED) is 0.222. The van der Waals surface area contributed by atoms with Gasteiger partial charge in [-0.25, -0.2) is 19.2 Å². The van der Waals surface area contributed by atoms with Crippen molar-refractivity contribution >= 4 is 47.4 Å². The van der Waals surface area contributed by atoms with Crippen LogP contribution in [0.15, 0.2) is 22.0 Å². The highest BCUT2D eigenvalue weighted by atomic mass is 32.2.